The largest absolute Gasteiger partial charge is 0.340 e. The van der Waals surface area contributed by atoms with Gasteiger partial charge in [-0.3, -0.25) is 14.9 Å². The van der Waals surface area contributed by atoms with Crippen molar-refractivity contribution in [2.75, 3.05) is 13.6 Å². The zero-order valence-electron chi connectivity index (χ0n) is 9.89. The molecule has 0 bridgehead atoms. The van der Waals surface area contributed by atoms with Gasteiger partial charge in [-0.2, -0.15) is 0 Å². The van der Waals surface area contributed by atoms with Crippen molar-refractivity contribution in [1.82, 2.24) is 4.90 Å². The summed E-state index contributed by atoms with van der Waals surface area (Å²) in [5.74, 6) is -0.299. The van der Waals surface area contributed by atoms with Gasteiger partial charge in [-0.25, -0.2) is 0 Å². The topological polar surface area (TPSA) is 63.5 Å². The maximum absolute atomic E-state index is 12.0. The minimum absolute atomic E-state index is 0.125. The van der Waals surface area contributed by atoms with Gasteiger partial charge in [-0.15, -0.1) is 11.6 Å². The van der Waals surface area contributed by atoms with E-state index in [9.17, 15) is 14.9 Å². The van der Waals surface area contributed by atoms with Gasteiger partial charge in [-0.05, 0) is 13.0 Å². The summed E-state index contributed by atoms with van der Waals surface area (Å²) in [6, 6.07) is 4.15. The lowest BCUT2D eigenvalue weighted by atomic mass is 10.2. The van der Waals surface area contributed by atoms with Crippen LogP contribution in [0, 0.1) is 10.1 Å². The third-order valence-electron chi connectivity index (χ3n) is 2.21. The molecule has 1 unspecified atom stereocenters. The first-order valence-corrected chi connectivity index (χ1v) is 6.38. The molecule has 5 nitrogen and oxygen atoms in total. The van der Waals surface area contributed by atoms with E-state index in [2.05, 4.69) is 15.9 Å². The molecular weight excluding hydrogens is 323 g/mol. The van der Waals surface area contributed by atoms with Gasteiger partial charge in [0, 0.05) is 41.1 Å². The van der Waals surface area contributed by atoms with Crippen LogP contribution in [0.3, 0.4) is 0 Å². The molecule has 0 saturated carbocycles. The van der Waals surface area contributed by atoms with Crippen LogP contribution in [0.15, 0.2) is 22.7 Å². The molecule has 0 aliphatic rings. The number of rotatable bonds is 4. The van der Waals surface area contributed by atoms with Crippen LogP contribution in [0.2, 0.25) is 0 Å². The number of alkyl halides is 1. The zero-order chi connectivity index (χ0) is 13.9. The van der Waals surface area contributed by atoms with E-state index in [1.165, 1.54) is 17.0 Å². The summed E-state index contributed by atoms with van der Waals surface area (Å²) in [4.78, 5) is 23.6. The molecule has 1 amide bonds. The van der Waals surface area contributed by atoms with Gasteiger partial charge in [0.15, 0.2) is 0 Å². The first-order chi connectivity index (χ1) is 8.31. The number of halogens is 2. The minimum atomic E-state index is -0.536. The second kappa shape index (κ2) is 6.15. The first kappa shape index (κ1) is 14.9. The zero-order valence-corrected chi connectivity index (χ0v) is 12.2. The van der Waals surface area contributed by atoms with Crippen molar-refractivity contribution in [1.29, 1.82) is 0 Å². The van der Waals surface area contributed by atoms with E-state index >= 15 is 0 Å². The number of amides is 1. The number of hydrogen-bond acceptors (Lipinski definition) is 3. The number of carbonyl (C=O) groups excluding carboxylic acids is 1. The van der Waals surface area contributed by atoms with Gasteiger partial charge in [0.05, 0.1) is 4.92 Å². The molecule has 98 valence electrons. The van der Waals surface area contributed by atoms with Crippen molar-refractivity contribution in [3.8, 4) is 0 Å². The van der Waals surface area contributed by atoms with Crippen LogP contribution in [-0.4, -0.2) is 34.7 Å². The predicted molar refractivity (Wildman–Crippen MR) is 73.1 cm³/mol. The summed E-state index contributed by atoms with van der Waals surface area (Å²) >= 11 is 8.95. The molecule has 0 aliphatic heterocycles. The Bertz CT molecular complexity index is 479. The fourth-order valence-corrected chi connectivity index (χ4v) is 2.17. The highest BCUT2D eigenvalue weighted by Crippen LogP contribution is 2.22. The fraction of sp³-hybridized carbons (Fsp3) is 0.364. The molecule has 0 radical (unpaired) electrons. The Morgan fingerprint density at radius 3 is 2.67 bits per heavy atom. The normalized spacial score (nSPS) is 12.0. The summed E-state index contributed by atoms with van der Waals surface area (Å²) in [5, 5.41) is 10.5. The van der Waals surface area contributed by atoms with Crippen LogP contribution in [0.5, 0.6) is 0 Å². The molecule has 0 saturated heterocycles. The Balaban J connectivity index is 3.02. The number of nitro groups is 1. The molecule has 0 aliphatic carbocycles. The second-order valence-electron chi connectivity index (χ2n) is 3.92. The maximum Gasteiger partial charge on any atom is 0.271 e. The van der Waals surface area contributed by atoms with Gasteiger partial charge < -0.3 is 4.90 Å². The Morgan fingerprint density at radius 1 is 1.56 bits per heavy atom. The fourth-order valence-electron chi connectivity index (χ4n) is 1.48. The van der Waals surface area contributed by atoms with Crippen molar-refractivity contribution >= 4 is 39.1 Å². The van der Waals surface area contributed by atoms with Crippen molar-refractivity contribution in [3.63, 3.8) is 0 Å². The average molecular weight is 336 g/mol. The van der Waals surface area contributed by atoms with E-state index in [1.807, 2.05) is 0 Å². The SMILES string of the molecule is CC(Cl)CN(C)C(=O)c1cc(Br)cc([N+](=O)[O-])c1. The Hall–Kier alpha value is -1.14. The molecule has 0 N–H and O–H groups in total. The number of hydrogen-bond donors (Lipinski definition) is 0. The van der Waals surface area contributed by atoms with Crippen LogP contribution in [-0.2, 0) is 0 Å². The van der Waals surface area contributed by atoms with Gasteiger partial charge in [0.2, 0.25) is 0 Å². The van der Waals surface area contributed by atoms with E-state index in [4.69, 9.17) is 11.6 Å². The van der Waals surface area contributed by atoms with Crippen LogP contribution >= 0.6 is 27.5 Å². The van der Waals surface area contributed by atoms with Crippen LogP contribution < -0.4 is 0 Å². The number of nitro benzene ring substituents is 1. The van der Waals surface area contributed by atoms with Gasteiger partial charge in [-0.1, -0.05) is 15.9 Å². The maximum atomic E-state index is 12.0. The highest BCUT2D eigenvalue weighted by molar-refractivity contribution is 9.10. The van der Waals surface area contributed by atoms with E-state index in [0.717, 1.165) is 0 Å². The monoisotopic (exact) mass is 334 g/mol. The molecule has 7 heteroatoms. The lowest BCUT2D eigenvalue weighted by Gasteiger charge is -2.18. The summed E-state index contributed by atoms with van der Waals surface area (Å²) in [5.41, 5.74) is 0.135. The lowest BCUT2D eigenvalue weighted by molar-refractivity contribution is -0.385. The van der Waals surface area contributed by atoms with E-state index in [-0.39, 0.29) is 22.5 Å². The van der Waals surface area contributed by atoms with E-state index < -0.39 is 4.92 Å². The number of benzene rings is 1. The molecule has 1 aromatic carbocycles. The molecule has 0 spiro atoms. The Labute approximate surface area is 118 Å². The van der Waals surface area contributed by atoms with Gasteiger partial charge in [0.1, 0.15) is 0 Å². The average Bonchev–Trinajstić information content (AvgIpc) is 2.26. The molecule has 0 fully saturated rings. The van der Waals surface area contributed by atoms with Crippen molar-refractivity contribution in [2.24, 2.45) is 0 Å². The number of carbonyl (C=O) groups is 1. The second-order valence-corrected chi connectivity index (χ2v) is 5.58. The molecule has 0 heterocycles. The van der Waals surface area contributed by atoms with Crippen molar-refractivity contribution < 1.29 is 9.72 Å². The van der Waals surface area contributed by atoms with Crippen LogP contribution in [0.1, 0.15) is 17.3 Å². The molecular formula is C11H12BrClN2O3. The molecule has 1 rings (SSSR count). The highest BCUT2D eigenvalue weighted by atomic mass is 79.9. The minimum Gasteiger partial charge on any atom is -0.340 e. The van der Waals surface area contributed by atoms with Crippen molar-refractivity contribution in [2.45, 2.75) is 12.3 Å². The Kier molecular flexibility index (Phi) is 5.10. The predicted octanol–water partition coefficient (Wildman–Crippen LogP) is 3.06. The molecule has 1 aromatic rings. The van der Waals surface area contributed by atoms with Crippen molar-refractivity contribution in [3.05, 3.63) is 38.3 Å². The summed E-state index contributed by atoms with van der Waals surface area (Å²) < 4.78 is 0.493. The smallest absolute Gasteiger partial charge is 0.271 e. The quantitative estimate of drug-likeness (QED) is 0.482. The molecule has 0 aromatic heterocycles. The third-order valence-corrected chi connectivity index (χ3v) is 2.81. The van der Waals surface area contributed by atoms with E-state index in [1.54, 1.807) is 20.0 Å². The molecule has 18 heavy (non-hydrogen) atoms. The number of non-ortho nitro benzene ring substituents is 1. The Morgan fingerprint density at radius 2 is 2.17 bits per heavy atom. The van der Waals surface area contributed by atoms with E-state index in [0.29, 0.717) is 11.0 Å². The summed E-state index contributed by atoms with van der Waals surface area (Å²) in [7, 11) is 1.61. The third kappa shape index (κ3) is 3.96. The van der Waals surface area contributed by atoms with Crippen LogP contribution in [0.25, 0.3) is 0 Å². The molecule has 1 atom stereocenters. The summed E-state index contributed by atoms with van der Waals surface area (Å²) in [6.45, 7) is 2.15. The summed E-state index contributed by atoms with van der Waals surface area (Å²) in [6.07, 6.45) is 0. The highest BCUT2D eigenvalue weighted by Gasteiger charge is 2.17. The lowest BCUT2D eigenvalue weighted by Crippen LogP contribution is -2.31. The van der Waals surface area contributed by atoms with Gasteiger partial charge in [0.25, 0.3) is 11.6 Å². The van der Waals surface area contributed by atoms with Gasteiger partial charge >= 0.3 is 0 Å². The number of nitrogens with zero attached hydrogens (tertiary/aromatic N) is 2. The first-order valence-electron chi connectivity index (χ1n) is 5.15. The standard InChI is InChI=1S/C11H12BrClN2O3/c1-7(13)6-14(2)11(16)8-3-9(12)5-10(4-8)15(17)18/h3-5,7H,6H2,1-2H3. The van der Waals surface area contributed by atoms with Crippen LogP contribution in [0.4, 0.5) is 5.69 Å².